The Hall–Kier alpha value is -1.62. The summed E-state index contributed by atoms with van der Waals surface area (Å²) in [5.74, 6) is 0. The molecule has 2 rings (SSSR count). The van der Waals surface area contributed by atoms with Gasteiger partial charge < -0.3 is 23.7 Å². The third-order valence-corrected chi connectivity index (χ3v) is 4.15. The standard InChI is InChI=1S/C19H30N2O7/c22-21(23)19-3-1-18(2-4-19)17-20-5-7-24-9-11-26-13-15-28-16-14-27-12-10-25-8-6-20/h1-4H,5-17H2. The number of hydrogen-bond acceptors (Lipinski definition) is 8. The van der Waals surface area contributed by atoms with E-state index in [4.69, 9.17) is 23.7 Å². The minimum atomic E-state index is -0.390. The Morgan fingerprint density at radius 2 is 1.11 bits per heavy atom. The summed E-state index contributed by atoms with van der Waals surface area (Å²) in [7, 11) is 0. The summed E-state index contributed by atoms with van der Waals surface area (Å²) in [5, 5.41) is 10.8. The van der Waals surface area contributed by atoms with Crippen molar-refractivity contribution in [1.82, 2.24) is 4.90 Å². The molecule has 0 unspecified atom stereocenters. The maximum Gasteiger partial charge on any atom is 0.269 e. The zero-order valence-electron chi connectivity index (χ0n) is 16.3. The highest BCUT2D eigenvalue weighted by atomic mass is 16.6. The van der Waals surface area contributed by atoms with E-state index >= 15 is 0 Å². The van der Waals surface area contributed by atoms with Gasteiger partial charge in [-0.05, 0) is 5.56 Å². The van der Waals surface area contributed by atoms with Crippen molar-refractivity contribution in [3.8, 4) is 0 Å². The zero-order chi connectivity index (χ0) is 19.9. The normalized spacial score (nSPS) is 20.1. The maximum atomic E-state index is 10.8. The average Bonchev–Trinajstić information content (AvgIpc) is 2.69. The van der Waals surface area contributed by atoms with Crippen LogP contribution in [0.3, 0.4) is 0 Å². The average molecular weight is 398 g/mol. The van der Waals surface area contributed by atoms with Crippen molar-refractivity contribution >= 4 is 5.69 Å². The van der Waals surface area contributed by atoms with Gasteiger partial charge in [-0.3, -0.25) is 15.0 Å². The molecule has 28 heavy (non-hydrogen) atoms. The van der Waals surface area contributed by atoms with Gasteiger partial charge in [0, 0.05) is 31.8 Å². The second-order valence-corrected chi connectivity index (χ2v) is 6.26. The Kier molecular flexibility index (Phi) is 11.6. The van der Waals surface area contributed by atoms with Crippen LogP contribution in [0.5, 0.6) is 0 Å². The molecule has 158 valence electrons. The molecular weight excluding hydrogens is 368 g/mol. The van der Waals surface area contributed by atoms with Crippen LogP contribution in [0.4, 0.5) is 5.69 Å². The number of hydrogen-bond donors (Lipinski definition) is 0. The Bertz CT molecular complexity index is 524. The van der Waals surface area contributed by atoms with Crippen LogP contribution in [0.15, 0.2) is 24.3 Å². The molecule has 0 radical (unpaired) electrons. The molecule has 0 bridgehead atoms. The highest BCUT2D eigenvalue weighted by molar-refractivity contribution is 5.32. The molecule has 0 aromatic heterocycles. The van der Waals surface area contributed by atoms with Crippen LogP contribution in [-0.4, -0.2) is 89.0 Å². The van der Waals surface area contributed by atoms with Gasteiger partial charge in [-0.25, -0.2) is 0 Å². The van der Waals surface area contributed by atoms with Crippen LogP contribution in [0.2, 0.25) is 0 Å². The van der Waals surface area contributed by atoms with Crippen molar-refractivity contribution in [1.29, 1.82) is 0 Å². The number of benzene rings is 1. The van der Waals surface area contributed by atoms with Crippen molar-refractivity contribution in [3.05, 3.63) is 39.9 Å². The lowest BCUT2D eigenvalue weighted by Gasteiger charge is -2.22. The van der Waals surface area contributed by atoms with Gasteiger partial charge in [-0.15, -0.1) is 0 Å². The predicted molar refractivity (Wildman–Crippen MR) is 102 cm³/mol. The van der Waals surface area contributed by atoms with Crippen LogP contribution in [-0.2, 0) is 30.2 Å². The van der Waals surface area contributed by atoms with E-state index in [1.807, 2.05) is 0 Å². The van der Waals surface area contributed by atoms with E-state index in [-0.39, 0.29) is 5.69 Å². The van der Waals surface area contributed by atoms with E-state index in [0.29, 0.717) is 72.6 Å². The summed E-state index contributed by atoms with van der Waals surface area (Å²) in [4.78, 5) is 12.6. The van der Waals surface area contributed by atoms with Gasteiger partial charge in [0.25, 0.3) is 5.69 Å². The maximum absolute atomic E-state index is 10.8. The van der Waals surface area contributed by atoms with Crippen molar-refractivity contribution in [2.45, 2.75) is 6.54 Å². The van der Waals surface area contributed by atoms with E-state index in [1.54, 1.807) is 12.1 Å². The Balaban J connectivity index is 1.80. The van der Waals surface area contributed by atoms with Crippen molar-refractivity contribution < 1.29 is 28.6 Å². The molecule has 1 heterocycles. The van der Waals surface area contributed by atoms with Crippen molar-refractivity contribution in [2.24, 2.45) is 0 Å². The first kappa shape index (κ1) is 22.7. The monoisotopic (exact) mass is 398 g/mol. The van der Waals surface area contributed by atoms with Gasteiger partial charge in [-0.2, -0.15) is 0 Å². The molecule has 0 spiro atoms. The summed E-state index contributed by atoms with van der Waals surface area (Å²) in [6.45, 7) is 7.61. The predicted octanol–water partition coefficient (Wildman–Crippen LogP) is 1.49. The van der Waals surface area contributed by atoms with Crippen LogP contribution in [0, 0.1) is 10.1 Å². The topological polar surface area (TPSA) is 92.5 Å². The first-order valence-corrected chi connectivity index (χ1v) is 9.60. The fourth-order valence-corrected chi connectivity index (χ4v) is 2.62. The molecule has 0 N–H and O–H groups in total. The van der Waals surface area contributed by atoms with Gasteiger partial charge in [0.05, 0.1) is 71.0 Å². The quantitative estimate of drug-likeness (QED) is 0.559. The van der Waals surface area contributed by atoms with Gasteiger partial charge in [0.1, 0.15) is 0 Å². The number of non-ortho nitro benzene ring substituents is 1. The second kappa shape index (κ2) is 14.4. The third kappa shape index (κ3) is 10.1. The van der Waals surface area contributed by atoms with Crippen LogP contribution in [0.1, 0.15) is 5.56 Å². The first-order valence-electron chi connectivity index (χ1n) is 9.60. The molecule has 1 aromatic rings. The molecule has 1 saturated heterocycles. The second-order valence-electron chi connectivity index (χ2n) is 6.26. The minimum absolute atomic E-state index is 0.0977. The Morgan fingerprint density at radius 3 is 1.50 bits per heavy atom. The summed E-state index contributed by atoms with van der Waals surface area (Å²) in [6, 6.07) is 6.63. The lowest BCUT2D eigenvalue weighted by Crippen LogP contribution is -2.31. The van der Waals surface area contributed by atoms with Crippen molar-refractivity contribution in [2.75, 3.05) is 79.2 Å². The summed E-state index contributed by atoms with van der Waals surface area (Å²) >= 11 is 0. The van der Waals surface area contributed by atoms with Gasteiger partial charge in [0.15, 0.2) is 0 Å². The number of rotatable bonds is 3. The molecule has 1 aliphatic rings. The van der Waals surface area contributed by atoms with E-state index in [1.165, 1.54) is 12.1 Å². The zero-order valence-corrected chi connectivity index (χ0v) is 16.3. The number of nitrogens with zero attached hydrogens (tertiary/aromatic N) is 2. The molecule has 0 aliphatic carbocycles. The smallest absolute Gasteiger partial charge is 0.269 e. The van der Waals surface area contributed by atoms with Gasteiger partial charge >= 0.3 is 0 Å². The van der Waals surface area contributed by atoms with Gasteiger partial charge in [0.2, 0.25) is 0 Å². The van der Waals surface area contributed by atoms with Crippen LogP contribution < -0.4 is 0 Å². The highest BCUT2D eigenvalue weighted by Crippen LogP contribution is 2.13. The first-order chi connectivity index (χ1) is 13.8. The molecule has 1 fully saturated rings. The van der Waals surface area contributed by atoms with E-state index in [9.17, 15) is 10.1 Å². The molecule has 9 nitrogen and oxygen atoms in total. The molecule has 1 aromatic carbocycles. The van der Waals surface area contributed by atoms with E-state index in [0.717, 1.165) is 18.7 Å². The Labute approximate surface area is 165 Å². The number of nitro benzene ring substituents is 1. The largest absolute Gasteiger partial charge is 0.378 e. The summed E-state index contributed by atoms with van der Waals surface area (Å²) in [6.07, 6.45) is 0. The van der Waals surface area contributed by atoms with Crippen LogP contribution >= 0.6 is 0 Å². The highest BCUT2D eigenvalue weighted by Gasteiger charge is 2.09. The molecule has 9 heteroatoms. The molecular formula is C19H30N2O7. The molecule has 0 atom stereocenters. The summed E-state index contributed by atoms with van der Waals surface area (Å²) in [5.41, 5.74) is 1.11. The lowest BCUT2D eigenvalue weighted by molar-refractivity contribution is -0.384. The summed E-state index contributed by atoms with van der Waals surface area (Å²) < 4.78 is 27.6. The fourth-order valence-electron chi connectivity index (χ4n) is 2.62. The lowest BCUT2D eigenvalue weighted by atomic mass is 10.2. The molecule has 0 saturated carbocycles. The number of ether oxygens (including phenoxy) is 5. The molecule has 1 aliphatic heterocycles. The fraction of sp³-hybridized carbons (Fsp3) is 0.684. The van der Waals surface area contributed by atoms with Crippen molar-refractivity contribution in [3.63, 3.8) is 0 Å². The number of nitro groups is 1. The Morgan fingerprint density at radius 1 is 0.714 bits per heavy atom. The minimum Gasteiger partial charge on any atom is -0.378 e. The van der Waals surface area contributed by atoms with Crippen LogP contribution in [0.25, 0.3) is 0 Å². The van der Waals surface area contributed by atoms with E-state index in [2.05, 4.69) is 4.90 Å². The van der Waals surface area contributed by atoms with Gasteiger partial charge in [-0.1, -0.05) is 12.1 Å². The third-order valence-electron chi connectivity index (χ3n) is 4.15. The molecule has 0 amide bonds. The SMILES string of the molecule is O=[N+]([O-])c1ccc(CN2CCOCCOCCOCCOCCOCC2)cc1. The van der Waals surface area contributed by atoms with E-state index < -0.39 is 4.92 Å².